The van der Waals surface area contributed by atoms with Crippen LogP contribution in [0.4, 0.5) is 0 Å². The van der Waals surface area contributed by atoms with Gasteiger partial charge in [-0.05, 0) is 30.4 Å². The van der Waals surface area contributed by atoms with Crippen LogP contribution in [0.3, 0.4) is 0 Å². The standard InChI is InChI=1S/C11H11BrN2S/c12-8-1-2-9-10(5-8)14-11(13-9)7-3-4-15-6-7/h1-2,5,7H,3-4,6H2,(H,13,14). The fourth-order valence-corrected chi connectivity index (χ4v) is 3.53. The molecule has 1 aliphatic heterocycles. The summed E-state index contributed by atoms with van der Waals surface area (Å²) >= 11 is 5.49. The van der Waals surface area contributed by atoms with Gasteiger partial charge in [-0.15, -0.1) is 0 Å². The molecule has 2 heterocycles. The third-order valence-electron chi connectivity index (χ3n) is 2.78. The molecule has 3 rings (SSSR count). The van der Waals surface area contributed by atoms with Gasteiger partial charge >= 0.3 is 0 Å². The Morgan fingerprint density at radius 3 is 3.20 bits per heavy atom. The Morgan fingerprint density at radius 2 is 2.40 bits per heavy atom. The number of imidazole rings is 1. The highest BCUT2D eigenvalue weighted by Gasteiger charge is 2.20. The number of halogens is 1. The molecule has 1 saturated heterocycles. The molecule has 1 aromatic carbocycles. The number of rotatable bonds is 1. The molecule has 0 radical (unpaired) electrons. The second-order valence-corrected chi connectivity index (χ2v) is 5.91. The minimum atomic E-state index is 0.626. The number of nitrogens with zero attached hydrogens (tertiary/aromatic N) is 1. The highest BCUT2D eigenvalue weighted by atomic mass is 79.9. The summed E-state index contributed by atoms with van der Waals surface area (Å²) in [6.07, 6.45) is 1.26. The number of hydrogen-bond donors (Lipinski definition) is 1. The van der Waals surface area contributed by atoms with E-state index in [4.69, 9.17) is 0 Å². The zero-order valence-corrected chi connectivity index (χ0v) is 10.6. The monoisotopic (exact) mass is 282 g/mol. The Labute approximate surface area is 101 Å². The molecule has 2 nitrogen and oxygen atoms in total. The SMILES string of the molecule is Brc1ccc2nc(C3CCSC3)[nH]c2c1. The molecule has 0 spiro atoms. The van der Waals surface area contributed by atoms with Gasteiger partial charge in [0, 0.05) is 16.1 Å². The molecule has 0 bridgehead atoms. The van der Waals surface area contributed by atoms with E-state index in [1.165, 1.54) is 17.9 Å². The van der Waals surface area contributed by atoms with Crippen LogP contribution < -0.4 is 0 Å². The van der Waals surface area contributed by atoms with Crippen LogP contribution in [-0.4, -0.2) is 21.5 Å². The fraction of sp³-hybridized carbons (Fsp3) is 0.364. The second-order valence-electron chi connectivity index (χ2n) is 3.84. The first-order valence-electron chi connectivity index (χ1n) is 5.06. The summed E-state index contributed by atoms with van der Waals surface area (Å²) in [5, 5.41) is 0. The number of benzene rings is 1. The highest BCUT2D eigenvalue weighted by Crippen LogP contribution is 2.32. The van der Waals surface area contributed by atoms with Crippen molar-refractivity contribution in [3.8, 4) is 0 Å². The third-order valence-corrected chi connectivity index (χ3v) is 4.43. The molecule has 15 heavy (non-hydrogen) atoms. The van der Waals surface area contributed by atoms with Crippen LogP contribution in [0.1, 0.15) is 18.2 Å². The maximum atomic E-state index is 4.65. The van der Waals surface area contributed by atoms with E-state index in [0.29, 0.717) is 5.92 Å². The van der Waals surface area contributed by atoms with Gasteiger partial charge in [0.15, 0.2) is 0 Å². The van der Waals surface area contributed by atoms with E-state index < -0.39 is 0 Å². The molecule has 1 aromatic heterocycles. The van der Waals surface area contributed by atoms with E-state index in [2.05, 4.69) is 38.0 Å². The van der Waals surface area contributed by atoms with E-state index in [1.54, 1.807) is 0 Å². The smallest absolute Gasteiger partial charge is 0.111 e. The van der Waals surface area contributed by atoms with Gasteiger partial charge in [0.25, 0.3) is 0 Å². The molecule has 1 atom stereocenters. The van der Waals surface area contributed by atoms with Crippen molar-refractivity contribution in [2.45, 2.75) is 12.3 Å². The second kappa shape index (κ2) is 3.83. The van der Waals surface area contributed by atoms with Crippen LogP contribution in [0.5, 0.6) is 0 Å². The molecular formula is C11H11BrN2S. The lowest BCUT2D eigenvalue weighted by molar-refractivity contribution is 0.733. The molecule has 4 heteroatoms. The van der Waals surface area contributed by atoms with Gasteiger partial charge in [-0.25, -0.2) is 4.98 Å². The van der Waals surface area contributed by atoms with E-state index in [9.17, 15) is 0 Å². The number of aromatic nitrogens is 2. The maximum Gasteiger partial charge on any atom is 0.111 e. The van der Waals surface area contributed by atoms with Gasteiger partial charge in [0.05, 0.1) is 11.0 Å². The molecule has 0 aliphatic carbocycles. The Kier molecular flexibility index (Phi) is 2.48. The van der Waals surface area contributed by atoms with Crippen LogP contribution >= 0.6 is 27.7 Å². The normalized spacial score (nSPS) is 21.3. The molecule has 1 N–H and O–H groups in total. The maximum absolute atomic E-state index is 4.65. The van der Waals surface area contributed by atoms with Crippen molar-refractivity contribution in [1.29, 1.82) is 0 Å². The summed E-state index contributed by atoms with van der Waals surface area (Å²) in [6, 6.07) is 6.19. The van der Waals surface area contributed by atoms with Crippen molar-refractivity contribution in [2.75, 3.05) is 11.5 Å². The summed E-state index contributed by atoms with van der Waals surface area (Å²) in [6.45, 7) is 0. The summed E-state index contributed by atoms with van der Waals surface area (Å²) in [4.78, 5) is 8.07. The van der Waals surface area contributed by atoms with Crippen molar-refractivity contribution in [2.24, 2.45) is 0 Å². The van der Waals surface area contributed by atoms with Crippen molar-refractivity contribution in [3.63, 3.8) is 0 Å². The van der Waals surface area contributed by atoms with Crippen LogP contribution in [0.2, 0.25) is 0 Å². The van der Waals surface area contributed by atoms with Crippen LogP contribution in [0, 0.1) is 0 Å². The van der Waals surface area contributed by atoms with E-state index in [-0.39, 0.29) is 0 Å². The van der Waals surface area contributed by atoms with Crippen LogP contribution in [-0.2, 0) is 0 Å². The lowest BCUT2D eigenvalue weighted by Crippen LogP contribution is -1.98. The minimum absolute atomic E-state index is 0.626. The van der Waals surface area contributed by atoms with Crippen molar-refractivity contribution >= 4 is 38.7 Å². The molecule has 0 amide bonds. The van der Waals surface area contributed by atoms with Gasteiger partial charge in [-0.2, -0.15) is 11.8 Å². The topological polar surface area (TPSA) is 28.7 Å². The molecule has 0 saturated carbocycles. The molecular weight excluding hydrogens is 272 g/mol. The number of nitrogens with one attached hydrogen (secondary N) is 1. The molecule has 2 aromatic rings. The van der Waals surface area contributed by atoms with Gasteiger partial charge in [0.1, 0.15) is 5.82 Å². The lowest BCUT2D eigenvalue weighted by atomic mass is 10.1. The average molecular weight is 283 g/mol. The summed E-state index contributed by atoms with van der Waals surface area (Å²) < 4.78 is 1.10. The Bertz CT molecular complexity index is 488. The van der Waals surface area contributed by atoms with Crippen molar-refractivity contribution < 1.29 is 0 Å². The van der Waals surface area contributed by atoms with Crippen LogP contribution in [0.25, 0.3) is 11.0 Å². The zero-order chi connectivity index (χ0) is 10.3. The zero-order valence-electron chi connectivity index (χ0n) is 8.16. The summed E-state index contributed by atoms with van der Waals surface area (Å²) in [5.41, 5.74) is 2.21. The van der Waals surface area contributed by atoms with Crippen LogP contribution in [0.15, 0.2) is 22.7 Å². The lowest BCUT2D eigenvalue weighted by Gasteiger charge is -2.01. The summed E-state index contributed by atoms with van der Waals surface area (Å²) in [7, 11) is 0. The Hall–Kier alpha value is -0.480. The van der Waals surface area contributed by atoms with Crippen molar-refractivity contribution in [3.05, 3.63) is 28.5 Å². The Morgan fingerprint density at radius 1 is 1.47 bits per heavy atom. The molecule has 78 valence electrons. The van der Waals surface area contributed by atoms with Gasteiger partial charge in [-0.3, -0.25) is 0 Å². The first-order valence-corrected chi connectivity index (χ1v) is 7.00. The molecule has 1 fully saturated rings. The number of aromatic amines is 1. The van der Waals surface area contributed by atoms with E-state index in [0.717, 1.165) is 21.3 Å². The van der Waals surface area contributed by atoms with E-state index >= 15 is 0 Å². The third kappa shape index (κ3) is 1.81. The highest BCUT2D eigenvalue weighted by molar-refractivity contribution is 9.10. The summed E-state index contributed by atoms with van der Waals surface area (Å²) in [5.74, 6) is 4.26. The van der Waals surface area contributed by atoms with Gasteiger partial charge in [-0.1, -0.05) is 15.9 Å². The Balaban J connectivity index is 2.05. The first-order chi connectivity index (χ1) is 7.33. The number of hydrogen-bond acceptors (Lipinski definition) is 2. The quantitative estimate of drug-likeness (QED) is 0.867. The fourth-order valence-electron chi connectivity index (χ4n) is 1.95. The van der Waals surface area contributed by atoms with Gasteiger partial charge < -0.3 is 4.98 Å². The van der Waals surface area contributed by atoms with E-state index in [1.807, 2.05) is 17.8 Å². The minimum Gasteiger partial charge on any atom is -0.342 e. The first kappa shape index (κ1) is 9.73. The average Bonchev–Trinajstić information content (AvgIpc) is 2.84. The number of fused-ring (bicyclic) bond motifs is 1. The predicted molar refractivity (Wildman–Crippen MR) is 68.5 cm³/mol. The largest absolute Gasteiger partial charge is 0.342 e. The number of H-pyrrole nitrogens is 1. The predicted octanol–water partition coefficient (Wildman–Crippen LogP) is 3.55. The molecule has 1 aliphatic rings. The number of thioether (sulfide) groups is 1. The molecule has 1 unspecified atom stereocenters. The van der Waals surface area contributed by atoms with Gasteiger partial charge in [0.2, 0.25) is 0 Å². The van der Waals surface area contributed by atoms with Crippen molar-refractivity contribution in [1.82, 2.24) is 9.97 Å².